The monoisotopic (exact) mass is 316 g/mol. The first-order chi connectivity index (χ1) is 6.95. The SMILES string of the molecule is C[SiH]1O[SiH](C)O[Si](C)([SiH2]O[SiH3])O[SiH](C)O1. The van der Waals surface area contributed by atoms with Crippen LogP contribution in [0.5, 0.6) is 0 Å². The Morgan fingerprint density at radius 3 is 1.93 bits per heavy atom. The van der Waals surface area contributed by atoms with Crippen molar-refractivity contribution in [2.75, 3.05) is 0 Å². The summed E-state index contributed by atoms with van der Waals surface area (Å²) in [6, 6.07) is 0. The predicted molar refractivity (Wildman–Crippen MR) is 74.6 cm³/mol. The van der Waals surface area contributed by atoms with Crippen molar-refractivity contribution in [2.45, 2.75) is 26.2 Å². The maximum atomic E-state index is 6.04. The van der Waals surface area contributed by atoms with E-state index >= 15 is 0 Å². The van der Waals surface area contributed by atoms with Crippen LogP contribution in [0.3, 0.4) is 0 Å². The third-order valence-electron chi connectivity index (χ3n) is 2.00. The molecule has 0 spiro atoms. The van der Waals surface area contributed by atoms with Crippen LogP contribution in [0.1, 0.15) is 0 Å². The van der Waals surface area contributed by atoms with Gasteiger partial charge in [0.25, 0.3) is 27.9 Å². The lowest BCUT2D eigenvalue weighted by Crippen LogP contribution is -2.57. The van der Waals surface area contributed by atoms with Gasteiger partial charge in [0.05, 0.1) is 0 Å². The molecule has 0 aromatic heterocycles. The molecule has 1 heterocycles. The normalized spacial score (nSPS) is 44.4. The van der Waals surface area contributed by atoms with E-state index in [9.17, 15) is 0 Å². The predicted octanol–water partition coefficient (Wildman–Crippen LogP) is -2.43. The standard InChI is InChI=1S/C4H20O5Si6/c1-12-6-13(2)8-15(4,11-5-10)9-14(3)7-12/h12-14H,11H2,1-4,10H3. The second-order valence-corrected chi connectivity index (χ2v) is 20.8. The summed E-state index contributed by atoms with van der Waals surface area (Å²) in [6.07, 6.45) is 0. The molecule has 0 aromatic rings. The van der Waals surface area contributed by atoms with E-state index in [1.165, 1.54) is 0 Å². The van der Waals surface area contributed by atoms with Gasteiger partial charge in [-0.3, -0.25) is 0 Å². The van der Waals surface area contributed by atoms with Gasteiger partial charge in [-0.2, -0.15) is 0 Å². The van der Waals surface area contributed by atoms with Gasteiger partial charge >= 0.3 is 8.08 Å². The molecule has 2 unspecified atom stereocenters. The van der Waals surface area contributed by atoms with Gasteiger partial charge < -0.3 is 20.6 Å². The third-order valence-corrected chi connectivity index (χ3v) is 23.6. The van der Waals surface area contributed by atoms with E-state index in [1.54, 1.807) is 0 Å². The van der Waals surface area contributed by atoms with E-state index in [4.69, 9.17) is 20.6 Å². The zero-order valence-corrected chi connectivity index (χ0v) is 17.9. The Hall–Kier alpha value is 1.10. The molecule has 1 rings (SSSR count). The molecule has 1 fully saturated rings. The molecule has 1 saturated heterocycles. The van der Waals surface area contributed by atoms with E-state index in [0.29, 0.717) is 0 Å². The summed E-state index contributed by atoms with van der Waals surface area (Å²) in [5, 5.41) is 0. The molecule has 5 nitrogen and oxygen atoms in total. The van der Waals surface area contributed by atoms with E-state index in [1.807, 2.05) is 6.55 Å². The van der Waals surface area contributed by atoms with E-state index in [-0.39, 0.29) is 0 Å². The summed E-state index contributed by atoms with van der Waals surface area (Å²) in [5.41, 5.74) is 0. The summed E-state index contributed by atoms with van der Waals surface area (Å²) < 4.78 is 29.1. The van der Waals surface area contributed by atoms with Crippen molar-refractivity contribution in [1.29, 1.82) is 0 Å². The molecular weight excluding hydrogens is 297 g/mol. The molecule has 0 bridgehead atoms. The number of hydrogen-bond donors (Lipinski definition) is 0. The molecule has 0 N–H and O–H groups in total. The van der Waals surface area contributed by atoms with Crippen LogP contribution in [-0.4, -0.2) is 55.7 Å². The Morgan fingerprint density at radius 2 is 1.53 bits per heavy atom. The summed E-state index contributed by atoms with van der Waals surface area (Å²) >= 11 is 0. The largest absolute Gasteiger partial charge is 0.466 e. The summed E-state index contributed by atoms with van der Waals surface area (Å²) in [7, 11) is -6.48. The van der Waals surface area contributed by atoms with Gasteiger partial charge in [-0.25, -0.2) is 0 Å². The molecule has 0 radical (unpaired) electrons. The first kappa shape index (κ1) is 14.2. The average molecular weight is 317 g/mol. The van der Waals surface area contributed by atoms with Crippen LogP contribution < -0.4 is 0 Å². The quantitative estimate of drug-likeness (QED) is 0.530. The van der Waals surface area contributed by atoms with Gasteiger partial charge in [0.2, 0.25) is 0 Å². The molecule has 90 valence electrons. The highest BCUT2D eigenvalue weighted by atomic mass is 29.2. The molecule has 11 heteroatoms. The maximum absolute atomic E-state index is 6.04. The fraction of sp³-hybridized carbons (Fsp3) is 1.00. The van der Waals surface area contributed by atoms with Crippen LogP contribution in [-0.2, 0) is 20.6 Å². The van der Waals surface area contributed by atoms with Gasteiger partial charge in [0.15, 0.2) is 9.28 Å². The van der Waals surface area contributed by atoms with Crippen LogP contribution >= 0.6 is 0 Å². The molecule has 0 aromatic carbocycles. The van der Waals surface area contributed by atoms with Crippen molar-refractivity contribution < 1.29 is 20.6 Å². The van der Waals surface area contributed by atoms with Crippen LogP contribution in [0.2, 0.25) is 26.2 Å². The van der Waals surface area contributed by atoms with Gasteiger partial charge in [-0.05, 0) is 26.2 Å². The first-order valence-corrected chi connectivity index (χ1v) is 17.4. The Bertz CT molecular complexity index is 192. The molecule has 1 aliphatic rings. The van der Waals surface area contributed by atoms with E-state index in [2.05, 4.69) is 19.6 Å². The second-order valence-electron chi connectivity index (χ2n) is 3.78. The van der Waals surface area contributed by atoms with E-state index < -0.39 is 45.2 Å². The summed E-state index contributed by atoms with van der Waals surface area (Å²) in [5.74, 6) is 0. The van der Waals surface area contributed by atoms with Crippen molar-refractivity contribution in [1.82, 2.24) is 0 Å². The van der Waals surface area contributed by atoms with Gasteiger partial charge in [0, 0.05) is 0 Å². The minimum atomic E-state index is -2.03. The van der Waals surface area contributed by atoms with Crippen molar-refractivity contribution in [2.24, 2.45) is 0 Å². The summed E-state index contributed by atoms with van der Waals surface area (Å²) in [6.45, 7) is 8.26. The smallest absolute Gasteiger partial charge is 0.319 e. The lowest BCUT2D eigenvalue weighted by Gasteiger charge is -2.36. The van der Waals surface area contributed by atoms with Crippen LogP contribution in [0.4, 0.5) is 0 Å². The Labute approximate surface area is 102 Å². The van der Waals surface area contributed by atoms with Gasteiger partial charge in [-0.15, -0.1) is 0 Å². The second kappa shape index (κ2) is 6.15. The molecule has 0 aliphatic carbocycles. The van der Waals surface area contributed by atoms with Gasteiger partial charge in [-0.1, -0.05) is 0 Å². The Kier molecular flexibility index (Phi) is 5.80. The molecule has 15 heavy (non-hydrogen) atoms. The number of rotatable bonds is 2. The Balaban J connectivity index is 2.65. The van der Waals surface area contributed by atoms with Crippen molar-refractivity contribution in [3.8, 4) is 0 Å². The first-order valence-electron chi connectivity index (χ1n) is 5.10. The lowest BCUT2D eigenvalue weighted by atomic mass is 11.9. The zero-order chi connectivity index (χ0) is 11.5. The lowest BCUT2D eigenvalue weighted by molar-refractivity contribution is 0.285. The minimum absolute atomic E-state index is 0.658. The van der Waals surface area contributed by atoms with Crippen molar-refractivity contribution in [3.63, 3.8) is 0 Å². The molecule has 0 amide bonds. The maximum Gasteiger partial charge on any atom is 0.319 e. The third kappa shape index (κ3) is 4.86. The highest BCUT2D eigenvalue weighted by Crippen LogP contribution is 2.15. The number of hydrogen-bond acceptors (Lipinski definition) is 5. The van der Waals surface area contributed by atoms with E-state index in [0.717, 1.165) is 10.5 Å². The molecule has 1 aliphatic heterocycles. The fourth-order valence-electron chi connectivity index (χ4n) is 1.69. The molecule has 0 saturated carbocycles. The summed E-state index contributed by atoms with van der Waals surface area (Å²) in [4.78, 5) is 0. The molecular formula is C4H20O5Si6. The average Bonchev–Trinajstić information content (AvgIpc) is 1.99. The zero-order valence-electron chi connectivity index (χ0n) is 9.98. The van der Waals surface area contributed by atoms with Crippen molar-refractivity contribution in [3.05, 3.63) is 0 Å². The fourth-order valence-corrected chi connectivity index (χ4v) is 27.4. The van der Waals surface area contributed by atoms with Crippen LogP contribution in [0.25, 0.3) is 0 Å². The van der Waals surface area contributed by atoms with Crippen LogP contribution in [0, 0.1) is 0 Å². The highest BCUT2D eigenvalue weighted by molar-refractivity contribution is 7.18. The van der Waals surface area contributed by atoms with Crippen LogP contribution in [0.15, 0.2) is 0 Å². The molecule has 2 atom stereocenters. The highest BCUT2D eigenvalue weighted by Gasteiger charge is 2.39. The topological polar surface area (TPSA) is 46.2 Å². The van der Waals surface area contributed by atoms with Gasteiger partial charge in [0.1, 0.15) is 10.5 Å². The minimum Gasteiger partial charge on any atom is -0.466 e. The Morgan fingerprint density at radius 1 is 1.07 bits per heavy atom. The van der Waals surface area contributed by atoms with Crippen molar-refractivity contribution >= 4 is 55.7 Å².